The third kappa shape index (κ3) is 5.18. The summed E-state index contributed by atoms with van der Waals surface area (Å²) in [5, 5.41) is 4.85. The van der Waals surface area contributed by atoms with E-state index in [1.165, 1.54) is 0 Å². The molecule has 0 aliphatic heterocycles. The van der Waals surface area contributed by atoms with Crippen LogP contribution in [0.5, 0.6) is 0 Å². The number of halogens is 4. The number of sulfonamides is 1. The number of nitrogens with zero attached hydrogens (tertiary/aromatic N) is 1. The Bertz CT molecular complexity index is 647. The average Bonchev–Trinajstić information content (AvgIpc) is 2.33. The van der Waals surface area contributed by atoms with Gasteiger partial charge in [0.2, 0.25) is 10.0 Å². The first kappa shape index (κ1) is 17.7. The van der Waals surface area contributed by atoms with E-state index in [0.717, 1.165) is 30.1 Å². The van der Waals surface area contributed by atoms with E-state index < -0.39 is 35.1 Å². The number of alkyl halides is 3. The zero-order valence-electron chi connectivity index (χ0n) is 10.8. The number of carbonyl (C=O) groups excluding carboxylic acids is 1. The average molecular weight is 345 g/mol. The van der Waals surface area contributed by atoms with Crippen LogP contribution in [-0.2, 0) is 10.0 Å². The minimum Gasteiger partial charge on any atom is -0.341 e. The van der Waals surface area contributed by atoms with Crippen molar-refractivity contribution in [3.8, 4) is 0 Å². The van der Waals surface area contributed by atoms with Crippen LogP contribution >= 0.6 is 11.6 Å². The molecule has 5 nitrogen and oxygen atoms in total. The highest BCUT2D eigenvalue weighted by atomic mass is 35.5. The Morgan fingerprint density at radius 3 is 2.43 bits per heavy atom. The summed E-state index contributed by atoms with van der Waals surface area (Å²) in [6.07, 6.45) is -5.58. The molecule has 1 aromatic carbocycles. The minimum atomic E-state index is -4.40. The second-order valence-electron chi connectivity index (χ2n) is 4.28. The predicted octanol–water partition coefficient (Wildman–Crippen LogP) is 2.01. The molecule has 1 amide bonds. The fourth-order valence-corrected chi connectivity index (χ4v) is 2.19. The number of rotatable bonds is 4. The van der Waals surface area contributed by atoms with Gasteiger partial charge in [-0.3, -0.25) is 4.79 Å². The summed E-state index contributed by atoms with van der Waals surface area (Å²) in [5.41, 5.74) is -0.229. The van der Waals surface area contributed by atoms with Crippen molar-refractivity contribution in [2.75, 3.05) is 13.6 Å². The summed E-state index contributed by atoms with van der Waals surface area (Å²) in [6, 6.07) is 3.18. The molecule has 10 heteroatoms. The Morgan fingerprint density at radius 2 is 1.95 bits per heavy atom. The van der Waals surface area contributed by atoms with Crippen LogP contribution in [0.4, 0.5) is 13.2 Å². The summed E-state index contributed by atoms with van der Waals surface area (Å²) in [7, 11) is -2.89. The second kappa shape index (κ2) is 6.20. The maximum absolute atomic E-state index is 12.1. The Kier molecular flexibility index (Phi) is 5.24. The molecule has 0 heterocycles. The number of primary sulfonamides is 1. The highest BCUT2D eigenvalue weighted by Crippen LogP contribution is 2.23. The molecule has 1 rings (SSSR count). The van der Waals surface area contributed by atoms with E-state index in [4.69, 9.17) is 16.7 Å². The molecule has 0 atom stereocenters. The first-order valence-corrected chi connectivity index (χ1v) is 7.49. The van der Waals surface area contributed by atoms with Gasteiger partial charge in [0.25, 0.3) is 5.91 Å². The van der Waals surface area contributed by atoms with Crippen LogP contribution in [-0.4, -0.2) is 39.0 Å². The van der Waals surface area contributed by atoms with E-state index in [1.807, 2.05) is 0 Å². The van der Waals surface area contributed by atoms with Gasteiger partial charge >= 0.3 is 6.18 Å². The molecule has 21 heavy (non-hydrogen) atoms. The molecule has 118 valence electrons. The number of hydrogen-bond donors (Lipinski definition) is 1. The summed E-state index contributed by atoms with van der Waals surface area (Å²) in [5.74, 6) is -0.824. The number of amides is 1. The first-order chi connectivity index (χ1) is 9.42. The van der Waals surface area contributed by atoms with Gasteiger partial charge in [0.05, 0.1) is 21.9 Å². The van der Waals surface area contributed by atoms with Crippen molar-refractivity contribution < 1.29 is 26.4 Å². The summed E-state index contributed by atoms with van der Waals surface area (Å²) < 4.78 is 58.8. The summed E-state index contributed by atoms with van der Waals surface area (Å²) in [6.45, 7) is -0.571. The lowest BCUT2D eigenvalue weighted by molar-refractivity contribution is -0.136. The van der Waals surface area contributed by atoms with E-state index in [0.29, 0.717) is 0 Å². The minimum absolute atomic E-state index is 0.0775. The number of carbonyl (C=O) groups is 1. The highest BCUT2D eigenvalue weighted by Gasteiger charge is 2.28. The lowest BCUT2D eigenvalue weighted by atomic mass is 10.2. The maximum atomic E-state index is 12.1. The van der Waals surface area contributed by atoms with Crippen molar-refractivity contribution in [1.29, 1.82) is 0 Å². The van der Waals surface area contributed by atoms with E-state index in [-0.39, 0.29) is 15.5 Å². The van der Waals surface area contributed by atoms with Gasteiger partial charge in [-0.1, -0.05) is 11.6 Å². The molecule has 0 aliphatic carbocycles. The van der Waals surface area contributed by atoms with Gasteiger partial charge in [0, 0.05) is 13.6 Å². The number of benzene rings is 1. The zero-order valence-corrected chi connectivity index (χ0v) is 12.4. The molecule has 0 saturated carbocycles. The van der Waals surface area contributed by atoms with Crippen LogP contribution in [0.25, 0.3) is 0 Å². The quantitative estimate of drug-likeness (QED) is 0.907. The Balaban J connectivity index is 3.02. The van der Waals surface area contributed by atoms with Crippen LogP contribution in [0.2, 0.25) is 5.02 Å². The standard InChI is InChI=1S/C11H12ClF3N2O3S/c1-17(5-4-11(13,14)15)10(18)8-6-7(21(16,19)20)2-3-9(8)12/h2-3,6H,4-5H2,1H3,(H2,16,19,20). The lowest BCUT2D eigenvalue weighted by Crippen LogP contribution is -2.31. The monoisotopic (exact) mass is 344 g/mol. The molecule has 0 radical (unpaired) electrons. The van der Waals surface area contributed by atoms with Crippen molar-refractivity contribution >= 4 is 27.5 Å². The topological polar surface area (TPSA) is 80.5 Å². The van der Waals surface area contributed by atoms with Crippen LogP contribution in [0.1, 0.15) is 16.8 Å². The van der Waals surface area contributed by atoms with E-state index in [1.54, 1.807) is 0 Å². The van der Waals surface area contributed by atoms with E-state index in [9.17, 15) is 26.4 Å². The van der Waals surface area contributed by atoms with Crippen LogP contribution in [0.3, 0.4) is 0 Å². The van der Waals surface area contributed by atoms with Crippen molar-refractivity contribution in [2.45, 2.75) is 17.5 Å². The number of nitrogens with two attached hydrogens (primary N) is 1. The Labute approximate surface area is 124 Å². The molecule has 0 aromatic heterocycles. The van der Waals surface area contributed by atoms with Gasteiger partial charge in [-0.15, -0.1) is 0 Å². The first-order valence-electron chi connectivity index (χ1n) is 5.56. The summed E-state index contributed by atoms with van der Waals surface area (Å²) in [4.78, 5) is 12.5. The molecule has 0 fully saturated rings. The van der Waals surface area contributed by atoms with Crippen molar-refractivity contribution in [2.24, 2.45) is 5.14 Å². The molecular weight excluding hydrogens is 333 g/mol. The van der Waals surface area contributed by atoms with Gasteiger partial charge in [-0.05, 0) is 18.2 Å². The third-order valence-corrected chi connectivity index (χ3v) is 3.81. The van der Waals surface area contributed by atoms with E-state index in [2.05, 4.69) is 0 Å². The van der Waals surface area contributed by atoms with Crippen molar-refractivity contribution in [3.63, 3.8) is 0 Å². The van der Waals surface area contributed by atoms with E-state index >= 15 is 0 Å². The van der Waals surface area contributed by atoms with Crippen LogP contribution < -0.4 is 5.14 Å². The SMILES string of the molecule is CN(CCC(F)(F)F)C(=O)c1cc(S(N)(=O)=O)ccc1Cl. The van der Waals surface area contributed by atoms with Crippen LogP contribution in [0, 0.1) is 0 Å². The Morgan fingerprint density at radius 1 is 1.38 bits per heavy atom. The van der Waals surface area contributed by atoms with Crippen molar-refractivity contribution in [1.82, 2.24) is 4.90 Å². The molecule has 0 aliphatic rings. The molecule has 0 saturated heterocycles. The highest BCUT2D eigenvalue weighted by molar-refractivity contribution is 7.89. The molecule has 2 N–H and O–H groups in total. The van der Waals surface area contributed by atoms with Gasteiger partial charge in [-0.2, -0.15) is 13.2 Å². The number of hydrogen-bond acceptors (Lipinski definition) is 3. The zero-order chi connectivity index (χ0) is 16.4. The van der Waals surface area contributed by atoms with Gasteiger partial charge < -0.3 is 4.90 Å². The molecule has 0 bridgehead atoms. The molecule has 1 aromatic rings. The van der Waals surface area contributed by atoms with Gasteiger partial charge in [0.1, 0.15) is 0 Å². The normalized spacial score (nSPS) is 12.3. The molecular formula is C11H12ClF3N2O3S. The Hall–Kier alpha value is -1.32. The van der Waals surface area contributed by atoms with Gasteiger partial charge in [-0.25, -0.2) is 13.6 Å². The third-order valence-electron chi connectivity index (χ3n) is 2.57. The van der Waals surface area contributed by atoms with Gasteiger partial charge in [0.15, 0.2) is 0 Å². The smallest absolute Gasteiger partial charge is 0.341 e. The molecule has 0 unspecified atom stereocenters. The second-order valence-corrected chi connectivity index (χ2v) is 6.25. The predicted molar refractivity (Wildman–Crippen MR) is 70.5 cm³/mol. The fraction of sp³-hybridized carbons (Fsp3) is 0.364. The molecule has 0 spiro atoms. The fourth-order valence-electron chi connectivity index (χ4n) is 1.45. The largest absolute Gasteiger partial charge is 0.390 e. The lowest BCUT2D eigenvalue weighted by Gasteiger charge is -2.19. The maximum Gasteiger partial charge on any atom is 0.390 e. The summed E-state index contributed by atoms with van der Waals surface area (Å²) >= 11 is 5.77. The van der Waals surface area contributed by atoms with Crippen LogP contribution in [0.15, 0.2) is 23.1 Å². The van der Waals surface area contributed by atoms with Crippen molar-refractivity contribution in [3.05, 3.63) is 28.8 Å².